The largest absolute Gasteiger partial charge is 0.347 e. The monoisotopic (exact) mass is 371 g/mol. The number of carbonyl (C=O) groups is 1. The lowest BCUT2D eigenvalue weighted by Crippen LogP contribution is -2.45. The Morgan fingerprint density at radius 2 is 2.23 bits per heavy atom. The average Bonchev–Trinajstić information content (AvgIpc) is 3.35. The summed E-state index contributed by atoms with van der Waals surface area (Å²) in [6, 6.07) is 3.65. The van der Waals surface area contributed by atoms with Crippen molar-refractivity contribution in [3.63, 3.8) is 0 Å². The second kappa shape index (κ2) is 6.65. The Labute approximate surface area is 155 Å². The molecule has 0 saturated heterocycles. The van der Waals surface area contributed by atoms with Crippen molar-refractivity contribution in [1.29, 1.82) is 0 Å². The summed E-state index contributed by atoms with van der Waals surface area (Å²) >= 11 is 1.67. The molecule has 1 aliphatic rings. The smallest absolute Gasteiger partial charge is 0.247 e. The molecule has 4 heterocycles. The van der Waals surface area contributed by atoms with Gasteiger partial charge in [0, 0.05) is 39.3 Å². The first-order chi connectivity index (χ1) is 12.6. The van der Waals surface area contributed by atoms with Gasteiger partial charge in [0.25, 0.3) is 0 Å². The van der Waals surface area contributed by atoms with Gasteiger partial charge in [0.15, 0.2) is 11.9 Å². The minimum absolute atomic E-state index is 0.0134. The number of likely N-dealkylation sites (N-methyl/N-ethyl adjacent to an activating group) is 1. The van der Waals surface area contributed by atoms with Crippen molar-refractivity contribution in [3.05, 3.63) is 40.9 Å². The molecule has 0 bridgehead atoms. The highest BCUT2D eigenvalue weighted by Crippen LogP contribution is 2.31. The molecule has 3 aromatic rings. The van der Waals surface area contributed by atoms with Crippen LogP contribution in [0.3, 0.4) is 0 Å². The highest BCUT2D eigenvalue weighted by molar-refractivity contribution is 7.13. The highest BCUT2D eigenvalue weighted by Gasteiger charge is 2.37. The van der Waals surface area contributed by atoms with Gasteiger partial charge in [0.1, 0.15) is 5.82 Å². The fourth-order valence-electron chi connectivity index (χ4n) is 3.36. The second-order valence-corrected chi connectivity index (χ2v) is 7.56. The molecule has 0 radical (unpaired) electrons. The quantitative estimate of drug-likeness (QED) is 0.754. The molecule has 0 spiro atoms. The second-order valence-electron chi connectivity index (χ2n) is 6.61. The fraction of sp³-hybridized carbons (Fsp3) is 0.412. The Morgan fingerprint density at radius 1 is 1.38 bits per heavy atom. The standard InChI is InChI=1S/C17H21N7OS/c1-11-19-21-16-15(17(25)22(2)3)23(6-7-24(11)16)10-12-9-18-20-14(12)13-5-4-8-26-13/h4-5,8-9,15H,6-7,10H2,1-3H3,(H,18,20). The highest BCUT2D eigenvalue weighted by atomic mass is 32.1. The van der Waals surface area contributed by atoms with Crippen LogP contribution in [0, 0.1) is 6.92 Å². The SMILES string of the molecule is Cc1nnc2n1CCN(Cc1cn[nH]c1-c1cccs1)C2C(=O)N(C)C. The van der Waals surface area contributed by atoms with Gasteiger partial charge in [-0.1, -0.05) is 6.07 Å². The van der Waals surface area contributed by atoms with E-state index in [-0.39, 0.29) is 5.91 Å². The van der Waals surface area contributed by atoms with Gasteiger partial charge in [-0.25, -0.2) is 0 Å². The number of nitrogens with one attached hydrogen (secondary N) is 1. The number of aryl methyl sites for hydroxylation is 1. The lowest BCUT2D eigenvalue weighted by molar-refractivity contribution is -0.136. The molecule has 1 unspecified atom stereocenters. The van der Waals surface area contributed by atoms with Crippen LogP contribution in [0.2, 0.25) is 0 Å². The molecule has 0 aromatic carbocycles. The third-order valence-corrected chi connectivity index (χ3v) is 5.61. The van der Waals surface area contributed by atoms with Gasteiger partial charge in [0.05, 0.1) is 16.8 Å². The summed E-state index contributed by atoms with van der Waals surface area (Å²) in [4.78, 5) is 17.8. The molecule has 9 heteroatoms. The number of fused-ring (bicyclic) bond motifs is 1. The first-order valence-corrected chi connectivity index (χ1v) is 9.35. The van der Waals surface area contributed by atoms with Gasteiger partial charge >= 0.3 is 0 Å². The average molecular weight is 371 g/mol. The molecular formula is C17H21N7OS. The van der Waals surface area contributed by atoms with E-state index in [1.165, 1.54) is 0 Å². The van der Waals surface area contributed by atoms with E-state index in [1.54, 1.807) is 30.3 Å². The molecule has 1 amide bonds. The van der Waals surface area contributed by atoms with Crippen molar-refractivity contribution in [2.24, 2.45) is 0 Å². The molecule has 1 aliphatic heterocycles. The number of carbonyl (C=O) groups excluding carboxylic acids is 1. The van der Waals surface area contributed by atoms with E-state index >= 15 is 0 Å². The van der Waals surface area contributed by atoms with Gasteiger partial charge in [-0.3, -0.25) is 14.8 Å². The number of rotatable bonds is 4. The van der Waals surface area contributed by atoms with E-state index in [2.05, 4.69) is 31.4 Å². The normalized spacial score (nSPS) is 17.3. The zero-order valence-electron chi connectivity index (χ0n) is 15.0. The van der Waals surface area contributed by atoms with Gasteiger partial charge in [-0.05, 0) is 18.4 Å². The maximum Gasteiger partial charge on any atom is 0.247 e. The van der Waals surface area contributed by atoms with Crippen LogP contribution in [0.5, 0.6) is 0 Å². The third-order valence-electron chi connectivity index (χ3n) is 4.72. The molecule has 0 fully saturated rings. The van der Waals surface area contributed by atoms with Crippen molar-refractivity contribution < 1.29 is 4.79 Å². The summed E-state index contributed by atoms with van der Waals surface area (Å²) in [5, 5.41) is 17.8. The van der Waals surface area contributed by atoms with Crippen LogP contribution in [0.25, 0.3) is 10.6 Å². The number of thiophene rings is 1. The predicted octanol–water partition coefficient (Wildman–Crippen LogP) is 1.68. The lowest BCUT2D eigenvalue weighted by atomic mass is 10.1. The Kier molecular flexibility index (Phi) is 4.33. The van der Waals surface area contributed by atoms with E-state index in [0.29, 0.717) is 12.4 Å². The zero-order valence-corrected chi connectivity index (χ0v) is 15.8. The molecule has 8 nitrogen and oxygen atoms in total. The molecule has 136 valence electrons. The zero-order chi connectivity index (χ0) is 18.3. The Balaban J connectivity index is 1.68. The summed E-state index contributed by atoms with van der Waals surface area (Å²) < 4.78 is 2.04. The van der Waals surface area contributed by atoms with Crippen molar-refractivity contribution in [1.82, 2.24) is 34.8 Å². The number of aromatic nitrogens is 5. The number of nitrogens with zero attached hydrogens (tertiary/aromatic N) is 6. The molecule has 4 rings (SSSR count). The Morgan fingerprint density at radius 3 is 2.96 bits per heavy atom. The van der Waals surface area contributed by atoms with Crippen LogP contribution in [-0.4, -0.2) is 61.3 Å². The van der Waals surface area contributed by atoms with Crippen molar-refractivity contribution in [2.45, 2.75) is 26.1 Å². The predicted molar refractivity (Wildman–Crippen MR) is 98.5 cm³/mol. The number of aromatic amines is 1. The van der Waals surface area contributed by atoms with Crippen LogP contribution in [0.15, 0.2) is 23.7 Å². The molecule has 0 aliphatic carbocycles. The van der Waals surface area contributed by atoms with Gasteiger partial charge < -0.3 is 9.47 Å². The first kappa shape index (κ1) is 16.9. The summed E-state index contributed by atoms with van der Waals surface area (Å²) in [5.74, 6) is 1.58. The third kappa shape index (κ3) is 2.82. The van der Waals surface area contributed by atoms with Crippen molar-refractivity contribution in [3.8, 4) is 10.6 Å². The molecular weight excluding hydrogens is 350 g/mol. The Hall–Kier alpha value is -2.52. The van der Waals surface area contributed by atoms with E-state index < -0.39 is 6.04 Å². The number of hydrogen-bond donors (Lipinski definition) is 1. The summed E-state index contributed by atoms with van der Waals surface area (Å²) in [6.45, 7) is 4.08. The maximum atomic E-state index is 12.9. The minimum atomic E-state index is -0.439. The van der Waals surface area contributed by atoms with Crippen LogP contribution >= 0.6 is 11.3 Å². The summed E-state index contributed by atoms with van der Waals surface area (Å²) in [6.07, 6.45) is 1.84. The van der Waals surface area contributed by atoms with E-state index in [0.717, 1.165) is 35.0 Å². The maximum absolute atomic E-state index is 12.9. The summed E-state index contributed by atoms with van der Waals surface area (Å²) in [5.41, 5.74) is 2.09. The van der Waals surface area contributed by atoms with Gasteiger partial charge in [-0.15, -0.1) is 21.5 Å². The fourth-order valence-corrected chi connectivity index (χ4v) is 4.12. The van der Waals surface area contributed by atoms with E-state index in [1.807, 2.05) is 29.1 Å². The molecule has 3 aromatic heterocycles. The number of amides is 1. The first-order valence-electron chi connectivity index (χ1n) is 8.47. The van der Waals surface area contributed by atoms with Crippen molar-refractivity contribution in [2.75, 3.05) is 20.6 Å². The van der Waals surface area contributed by atoms with Crippen LogP contribution in [0.4, 0.5) is 0 Å². The molecule has 1 atom stereocenters. The van der Waals surface area contributed by atoms with Crippen LogP contribution < -0.4 is 0 Å². The molecule has 0 saturated carbocycles. The molecule has 26 heavy (non-hydrogen) atoms. The van der Waals surface area contributed by atoms with E-state index in [9.17, 15) is 4.79 Å². The number of hydrogen-bond acceptors (Lipinski definition) is 6. The van der Waals surface area contributed by atoms with Gasteiger partial charge in [-0.2, -0.15) is 5.10 Å². The molecule has 1 N–H and O–H groups in total. The Bertz CT molecular complexity index is 912. The lowest BCUT2D eigenvalue weighted by Gasteiger charge is -2.35. The summed E-state index contributed by atoms with van der Waals surface area (Å²) in [7, 11) is 3.55. The van der Waals surface area contributed by atoms with E-state index in [4.69, 9.17) is 0 Å². The minimum Gasteiger partial charge on any atom is -0.347 e. The van der Waals surface area contributed by atoms with Crippen LogP contribution in [0.1, 0.15) is 23.3 Å². The van der Waals surface area contributed by atoms with Crippen LogP contribution in [-0.2, 0) is 17.9 Å². The number of H-pyrrole nitrogens is 1. The van der Waals surface area contributed by atoms with Crippen molar-refractivity contribution >= 4 is 17.2 Å². The van der Waals surface area contributed by atoms with Gasteiger partial charge in [0.2, 0.25) is 5.91 Å². The topological polar surface area (TPSA) is 82.9 Å².